The molecular formula is C47H32N2O. The van der Waals surface area contributed by atoms with Gasteiger partial charge in [0, 0.05) is 16.3 Å². The van der Waals surface area contributed by atoms with Crippen LogP contribution in [-0.2, 0) is 6.54 Å². The third-order valence-corrected chi connectivity index (χ3v) is 9.58. The van der Waals surface area contributed by atoms with E-state index in [0.717, 1.165) is 61.1 Å². The van der Waals surface area contributed by atoms with Crippen LogP contribution in [0.15, 0.2) is 184 Å². The highest BCUT2D eigenvalue weighted by Gasteiger charge is 2.12. The molecule has 0 saturated carbocycles. The third kappa shape index (κ3) is 5.45. The summed E-state index contributed by atoms with van der Waals surface area (Å²) in [7, 11) is 0. The molecule has 0 aliphatic heterocycles. The highest BCUT2D eigenvalue weighted by Crippen LogP contribution is 2.37. The molecule has 0 saturated heterocycles. The molecule has 236 valence electrons. The standard InChI is InChI=1S/C47H32N2O/c1-48-47(49-30-31-19-20-32-9-2-3-11-34(32)25-31)41-17-8-16-39(28-41)37-14-6-12-35(26-37)36-13-7-15-38(27-36)40-21-23-43-45(29-40)50-44-24-22-33-10-4-5-18-42(33)46(43)44/h2-29H,1,30H2. The highest BCUT2D eigenvalue weighted by atomic mass is 16.3. The second-order valence-electron chi connectivity index (χ2n) is 12.7. The molecule has 1 heterocycles. The van der Waals surface area contributed by atoms with Gasteiger partial charge in [-0.15, -0.1) is 0 Å². The maximum Gasteiger partial charge on any atom is 0.154 e. The Balaban J connectivity index is 1.01. The van der Waals surface area contributed by atoms with Crippen LogP contribution >= 0.6 is 0 Å². The molecular weight excluding hydrogens is 609 g/mol. The SMILES string of the molecule is C=NC(=NCc1ccc2ccccc2c1)c1cccc(-c2cccc(-c3cccc(-c4ccc5c(c4)oc4ccc6ccccc6c45)c3)c2)c1. The molecule has 3 heteroatoms. The van der Waals surface area contributed by atoms with Crippen LogP contribution in [-0.4, -0.2) is 12.6 Å². The van der Waals surface area contributed by atoms with E-state index in [1.54, 1.807) is 0 Å². The number of hydrogen-bond donors (Lipinski definition) is 0. The van der Waals surface area contributed by atoms with Crippen LogP contribution < -0.4 is 0 Å². The minimum atomic E-state index is 0.537. The molecule has 0 amide bonds. The number of amidine groups is 1. The van der Waals surface area contributed by atoms with E-state index < -0.39 is 0 Å². The minimum Gasteiger partial charge on any atom is -0.456 e. The molecule has 0 unspecified atom stereocenters. The fourth-order valence-corrected chi connectivity index (χ4v) is 7.06. The second-order valence-corrected chi connectivity index (χ2v) is 12.7. The van der Waals surface area contributed by atoms with Crippen LogP contribution in [0.5, 0.6) is 0 Å². The van der Waals surface area contributed by atoms with Crippen molar-refractivity contribution in [3.8, 4) is 33.4 Å². The van der Waals surface area contributed by atoms with Gasteiger partial charge >= 0.3 is 0 Å². The highest BCUT2D eigenvalue weighted by molar-refractivity contribution is 6.19. The van der Waals surface area contributed by atoms with Crippen molar-refractivity contribution in [2.45, 2.75) is 6.54 Å². The number of fused-ring (bicyclic) bond motifs is 6. The van der Waals surface area contributed by atoms with Crippen LogP contribution in [0, 0.1) is 0 Å². The first-order chi connectivity index (χ1) is 24.7. The topological polar surface area (TPSA) is 37.9 Å². The van der Waals surface area contributed by atoms with Gasteiger partial charge in [0.15, 0.2) is 5.84 Å². The van der Waals surface area contributed by atoms with Gasteiger partial charge in [0.1, 0.15) is 11.2 Å². The van der Waals surface area contributed by atoms with Crippen molar-refractivity contribution in [1.82, 2.24) is 0 Å². The van der Waals surface area contributed by atoms with Crippen molar-refractivity contribution < 1.29 is 4.42 Å². The first kappa shape index (κ1) is 29.6. The van der Waals surface area contributed by atoms with Crippen LogP contribution in [0.2, 0.25) is 0 Å². The molecule has 0 spiro atoms. The monoisotopic (exact) mass is 640 g/mol. The van der Waals surface area contributed by atoms with Crippen LogP contribution in [0.4, 0.5) is 0 Å². The minimum absolute atomic E-state index is 0.537. The van der Waals surface area contributed by atoms with Gasteiger partial charge in [-0.25, -0.2) is 4.99 Å². The second kappa shape index (κ2) is 12.5. The summed E-state index contributed by atoms with van der Waals surface area (Å²) in [6.45, 7) is 4.38. The van der Waals surface area contributed by atoms with E-state index >= 15 is 0 Å². The van der Waals surface area contributed by atoms with Gasteiger partial charge in [0.05, 0.1) is 6.54 Å². The molecule has 0 aliphatic rings. The molecule has 3 nitrogen and oxygen atoms in total. The van der Waals surface area contributed by atoms with Gasteiger partial charge in [-0.1, -0.05) is 127 Å². The summed E-state index contributed by atoms with van der Waals surface area (Å²) in [5, 5.41) is 7.18. The van der Waals surface area contributed by atoms with Crippen molar-refractivity contribution in [1.29, 1.82) is 0 Å². The normalized spacial score (nSPS) is 11.9. The van der Waals surface area contributed by atoms with Crippen molar-refractivity contribution >= 4 is 56.0 Å². The van der Waals surface area contributed by atoms with E-state index in [1.807, 2.05) is 6.07 Å². The van der Waals surface area contributed by atoms with Crippen LogP contribution in [0.25, 0.3) is 76.9 Å². The summed E-state index contributed by atoms with van der Waals surface area (Å²) in [6, 6.07) is 59.9. The Morgan fingerprint density at radius 1 is 0.460 bits per heavy atom. The average molecular weight is 641 g/mol. The molecule has 1 aromatic heterocycles. The van der Waals surface area contributed by atoms with Gasteiger partial charge in [-0.05, 0) is 110 Å². The van der Waals surface area contributed by atoms with E-state index in [2.05, 4.69) is 176 Å². The lowest BCUT2D eigenvalue weighted by molar-refractivity contribution is 0.669. The Kier molecular flexibility index (Phi) is 7.37. The fraction of sp³-hybridized carbons (Fsp3) is 0.0213. The van der Waals surface area contributed by atoms with E-state index in [4.69, 9.17) is 9.41 Å². The van der Waals surface area contributed by atoms with Gasteiger partial charge in [-0.3, -0.25) is 4.99 Å². The van der Waals surface area contributed by atoms with Crippen molar-refractivity contribution in [3.63, 3.8) is 0 Å². The third-order valence-electron chi connectivity index (χ3n) is 9.58. The maximum atomic E-state index is 6.37. The van der Waals surface area contributed by atoms with E-state index in [-0.39, 0.29) is 0 Å². The molecule has 0 atom stereocenters. The van der Waals surface area contributed by atoms with E-state index in [1.165, 1.54) is 26.9 Å². The summed E-state index contributed by atoms with van der Waals surface area (Å²) < 4.78 is 6.37. The molecule has 0 N–H and O–H groups in total. The molecule has 8 aromatic carbocycles. The number of benzene rings is 8. The molecule has 0 aliphatic carbocycles. The summed E-state index contributed by atoms with van der Waals surface area (Å²) in [5.41, 5.74) is 10.7. The first-order valence-electron chi connectivity index (χ1n) is 16.8. The van der Waals surface area contributed by atoms with Crippen LogP contribution in [0.1, 0.15) is 11.1 Å². The Morgan fingerprint density at radius 2 is 1.08 bits per heavy atom. The first-order valence-corrected chi connectivity index (χ1v) is 16.8. The van der Waals surface area contributed by atoms with Gasteiger partial charge in [0.2, 0.25) is 0 Å². The zero-order valence-corrected chi connectivity index (χ0v) is 27.4. The van der Waals surface area contributed by atoms with Gasteiger partial charge in [0.25, 0.3) is 0 Å². The number of rotatable bonds is 6. The predicted molar refractivity (Wildman–Crippen MR) is 211 cm³/mol. The summed E-state index contributed by atoms with van der Waals surface area (Å²) >= 11 is 0. The van der Waals surface area contributed by atoms with E-state index in [0.29, 0.717) is 12.4 Å². The lowest BCUT2D eigenvalue weighted by Crippen LogP contribution is -1.98. The van der Waals surface area contributed by atoms with Crippen LogP contribution in [0.3, 0.4) is 0 Å². The fourth-order valence-electron chi connectivity index (χ4n) is 7.06. The molecule has 0 bridgehead atoms. The van der Waals surface area contributed by atoms with Gasteiger partial charge < -0.3 is 4.42 Å². The quantitative estimate of drug-likeness (QED) is 0.132. The number of furan rings is 1. The summed E-state index contributed by atoms with van der Waals surface area (Å²) in [6.07, 6.45) is 0. The average Bonchev–Trinajstić information content (AvgIpc) is 3.57. The zero-order valence-electron chi connectivity index (χ0n) is 27.4. The van der Waals surface area contributed by atoms with Crippen molar-refractivity contribution in [2.24, 2.45) is 9.98 Å². The Hall–Kier alpha value is -6.58. The predicted octanol–water partition coefficient (Wildman–Crippen LogP) is 12.5. The lowest BCUT2D eigenvalue weighted by atomic mass is 9.95. The summed E-state index contributed by atoms with van der Waals surface area (Å²) in [5.74, 6) is 0.637. The molecule has 0 fully saturated rings. The lowest BCUT2D eigenvalue weighted by Gasteiger charge is -2.10. The number of hydrogen-bond acceptors (Lipinski definition) is 2. The Labute approximate surface area is 290 Å². The molecule has 9 aromatic rings. The smallest absolute Gasteiger partial charge is 0.154 e. The molecule has 50 heavy (non-hydrogen) atoms. The number of aliphatic imine (C=N–C) groups is 2. The molecule has 9 rings (SSSR count). The number of nitrogens with zero attached hydrogens (tertiary/aromatic N) is 2. The van der Waals surface area contributed by atoms with Gasteiger partial charge in [-0.2, -0.15) is 0 Å². The van der Waals surface area contributed by atoms with E-state index in [9.17, 15) is 0 Å². The largest absolute Gasteiger partial charge is 0.456 e. The molecule has 0 radical (unpaired) electrons. The zero-order chi connectivity index (χ0) is 33.4. The Morgan fingerprint density at radius 3 is 1.82 bits per heavy atom. The summed E-state index contributed by atoms with van der Waals surface area (Å²) in [4.78, 5) is 9.17. The maximum absolute atomic E-state index is 6.37. The van der Waals surface area contributed by atoms with Crippen molar-refractivity contribution in [2.75, 3.05) is 0 Å². The van der Waals surface area contributed by atoms with Crippen molar-refractivity contribution in [3.05, 3.63) is 181 Å². The Bertz CT molecular complexity index is 2770.